The van der Waals surface area contributed by atoms with Gasteiger partial charge in [-0.15, -0.1) is 0 Å². The Balaban J connectivity index is 3.73. The summed E-state index contributed by atoms with van der Waals surface area (Å²) in [6.07, 6.45) is 39.1. The molecule has 0 saturated heterocycles. The SMILES string of the molecule is CCCCCCCCC(CCCCCCCC)OC(=O)CCCCCCCNCCCCCCCC(=O)OCCC(CCCC)CCCC. The van der Waals surface area contributed by atoms with Gasteiger partial charge in [0.15, 0.2) is 0 Å². The predicted octanol–water partition coefficient (Wildman–Crippen LogP) is 13.6. The molecule has 0 heterocycles. The maximum Gasteiger partial charge on any atom is 0.306 e. The highest BCUT2D eigenvalue weighted by Crippen LogP contribution is 2.21. The average molecular weight is 694 g/mol. The molecule has 0 spiro atoms. The maximum absolute atomic E-state index is 12.6. The molecule has 292 valence electrons. The second-order valence-corrected chi connectivity index (χ2v) is 15.2. The van der Waals surface area contributed by atoms with Crippen molar-refractivity contribution in [2.75, 3.05) is 19.7 Å². The molecule has 5 heteroatoms. The Morgan fingerprint density at radius 3 is 1.33 bits per heavy atom. The normalized spacial score (nSPS) is 11.6. The molecule has 0 aromatic heterocycles. The Bertz CT molecular complexity index is 660. The van der Waals surface area contributed by atoms with Crippen molar-refractivity contribution in [2.24, 2.45) is 5.92 Å². The van der Waals surface area contributed by atoms with Crippen LogP contribution in [-0.4, -0.2) is 37.7 Å². The summed E-state index contributed by atoms with van der Waals surface area (Å²) in [5, 5.41) is 3.60. The molecule has 0 atom stereocenters. The van der Waals surface area contributed by atoms with Gasteiger partial charge in [-0.3, -0.25) is 9.59 Å². The van der Waals surface area contributed by atoms with Gasteiger partial charge in [0.2, 0.25) is 0 Å². The fraction of sp³-hybridized carbons (Fsp3) is 0.955. The van der Waals surface area contributed by atoms with Crippen LogP contribution < -0.4 is 5.32 Å². The maximum atomic E-state index is 12.6. The van der Waals surface area contributed by atoms with E-state index < -0.39 is 0 Å². The van der Waals surface area contributed by atoms with Gasteiger partial charge in [0.1, 0.15) is 6.10 Å². The number of hydrogen-bond acceptors (Lipinski definition) is 5. The van der Waals surface area contributed by atoms with Crippen molar-refractivity contribution in [1.29, 1.82) is 0 Å². The molecule has 0 saturated carbocycles. The lowest BCUT2D eigenvalue weighted by molar-refractivity contribution is -0.150. The molecule has 0 aliphatic heterocycles. The third-order valence-electron chi connectivity index (χ3n) is 10.2. The predicted molar refractivity (Wildman–Crippen MR) is 212 cm³/mol. The minimum Gasteiger partial charge on any atom is -0.466 e. The molecule has 0 bridgehead atoms. The molecular formula is C44H87NO4. The van der Waals surface area contributed by atoms with Crippen LogP contribution in [0.3, 0.4) is 0 Å². The van der Waals surface area contributed by atoms with Crippen molar-refractivity contribution in [3.05, 3.63) is 0 Å². The van der Waals surface area contributed by atoms with Crippen molar-refractivity contribution in [2.45, 2.75) is 246 Å². The number of hydrogen-bond donors (Lipinski definition) is 1. The molecule has 0 aliphatic carbocycles. The molecule has 0 aromatic rings. The molecule has 0 aromatic carbocycles. The summed E-state index contributed by atoms with van der Waals surface area (Å²) in [6, 6.07) is 0. The van der Waals surface area contributed by atoms with E-state index in [1.54, 1.807) is 0 Å². The highest BCUT2D eigenvalue weighted by atomic mass is 16.5. The van der Waals surface area contributed by atoms with Crippen molar-refractivity contribution >= 4 is 11.9 Å². The van der Waals surface area contributed by atoms with E-state index in [0.717, 1.165) is 64.0 Å². The van der Waals surface area contributed by atoms with E-state index in [0.29, 0.717) is 19.4 Å². The quantitative estimate of drug-likeness (QED) is 0.0511. The molecule has 0 fully saturated rings. The van der Waals surface area contributed by atoms with E-state index in [1.165, 1.54) is 154 Å². The summed E-state index contributed by atoms with van der Waals surface area (Å²) >= 11 is 0. The third-order valence-corrected chi connectivity index (χ3v) is 10.2. The number of carbonyl (C=O) groups excluding carboxylic acids is 2. The first-order valence-corrected chi connectivity index (χ1v) is 22.1. The lowest BCUT2D eigenvalue weighted by Gasteiger charge is -2.18. The van der Waals surface area contributed by atoms with Gasteiger partial charge >= 0.3 is 11.9 Å². The van der Waals surface area contributed by atoms with Gasteiger partial charge < -0.3 is 14.8 Å². The summed E-state index contributed by atoms with van der Waals surface area (Å²) in [7, 11) is 0. The van der Waals surface area contributed by atoms with Crippen molar-refractivity contribution in [3.63, 3.8) is 0 Å². The minimum absolute atomic E-state index is 0.00224. The van der Waals surface area contributed by atoms with E-state index in [-0.39, 0.29) is 18.0 Å². The highest BCUT2D eigenvalue weighted by Gasteiger charge is 2.14. The molecule has 0 amide bonds. The Kier molecular flexibility index (Phi) is 38.8. The second-order valence-electron chi connectivity index (χ2n) is 15.2. The first-order valence-electron chi connectivity index (χ1n) is 22.1. The van der Waals surface area contributed by atoms with E-state index in [2.05, 4.69) is 33.0 Å². The molecule has 1 N–H and O–H groups in total. The minimum atomic E-state index is -0.00224. The van der Waals surface area contributed by atoms with Gasteiger partial charge in [0, 0.05) is 12.8 Å². The Morgan fingerprint density at radius 2 is 0.837 bits per heavy atom. The van der Waals surface area contributed by atoms with Crippen LogP contribution in [0.25, 0.3) is 0 Å². The molecule has 49 heavy (non-hydrogen) atoms. The van der Waals surface area contributed by atoms with E-state index in [9.17, 15) is 9.59 Å². The molecular weight excluding hydrogens is 606 g/mol. The zero-order valence-electron chi connectivity index (χ0n) is 33.7. The van der Waals surface area contributed by atoms with Crippen LogP contribution in [0.1, 0.15) is 240 Å². The van der Waals surface area contributed by atoms with Crippen molar-refractivity contribution < 1.29 is 19.1 Å². The summed E-state index contributed by atoms with van der Waals surface area (Å²) in [5.74, 6) is 0.755. The average Bonchev–Trinajstić information content (AvgIpc) is 3.10. The zero-order valence-corrected chi connectivity index (χ0v) is 33.7. The Labute approximate surface area is 307 Å². The van der Waals surface area contributed by atoms with Crippen LogP contribution >= 0.6 is 0 Å². The third kappa shape index (κ3) is 36.5. The van der Waals surface area contributed by atoms with Gasteiger partial charge in [0.05, 0.1) is 6.61 Å². The lowest BCUT2D eigenvalue weighted by atomic mass is 9.93. The molecule has 5 nitrogen and oxygen atoms in total. The van der Waals surface area contributed by atoms with E-state index in [4.69, 9.17) is 9.47 Å². The Morgan fingerprint density at radius 1 is 0.429 bits per heavy atom. The van der Waals surface area contributed by atoms with Crippen LogP contribution in [0.4, 0.5) is 0 Å². The van der Waals surface area contributed by atoms with Crippen molar-refractivity contribution in [1.82, 2.24) is 5.32 Å². The number of rotatable bonds is 40. The molecule has 0 radical (unpaired) electrons. The number of esters is 2. The van der Waals surface area contributed by atoms with E-state index >= 15 is 0 Å². The zero-order chi connectivity index (χ0) is 35.9. The van der Waals surface area contributed by atoms with Gasteiger partial charge in [-0.25, -0.2) is 0 Å². The highest BCUT2D eigenvalue weighted by molar-refractivity contribution is 5.69. The molecule has 0 unspecified atom stereocenters. The van der Waals surface area contributed by atoms with Crippen LogP contribution in [0, 0.1) is 5.92 Å². The number of unbranched alkanes of at least 4 members (excludes halogenated alkanes) is 20. The second kappa shape index (κ2) is 39.7. The molecule has 0 aliphatic rings. The van der Waals surface area contributed by atoms with Gasteiger partial charge in [-0.2, -0.15) is 0 Å². The summed E-state index contributed by atoms with van der Waals surface area (Å²) in [6.45, 7) is 11.8. The van der Waals surface area contributed by atoms with Crippen LogP contribution in [-0.2, 0) is 19.1 Å². The van der Waals surface area contributed by atoms with Gasteiger partial charge in [-0.05, 0) is 76.8 Å². The van der Waals surface area contributed by atoms with Crippen LogP contribution in [0.15, 0.2) is 0 Å². The van der Waals surface area contributed by atoms with Crippen LogP contribution in [0.2, 0.25) is 0 Å². The van der Waals surface area contributed by atoms with Gasteiger partial charge in [-0.1, -0.05) is 169 Å². The smallest absolute Gasteiger partial charge is 0.306 e. The van der Waals surface area contributed by atoms with Crippen molar-refractivity contribution in [3.8, 4) is 0 Å². The summed E-state index contributed by atoms with van der Waals surface area (Å²) < 4.78 is 11.5. The number of carbonyl (C=O) groups is 2. The molecule has 0 rings (SSSR count). The number of ether oxygens (including phenoxy) is 2. The topological polar surface area (TPSA) is 64.6 Å². The number of nitrogens with one attached hydrogen (secondary N) is 1. The first kappa shape index (κ1) is 47.9. The van der Waals surface area contributed by atoms with E-state index in [1.807, 2.05) is 0 Å². The fourth-order valence-corrected chi connectivity index (χ4v) is 6.87. The summed E-state index contributed by atoms with van der Waals surface area (Å²) in [4.78, 5) is 24.7. The fourth-order valence-electron chi connectivity index (χ4n) is 6.87. The Hall–Kier alpha value is -1.10. The van der Waals surface area contributed by atoms with Gasteiger partial charge in [0.25, 0.3) is 0 Å². The monoisotopic (exact) mass is 694 g/mol. The lowest BCUT2D eigenvalue weighted by Crippen LogP contribution is -2.18. The van der Waals surface area contributed by atoms with Crippen LogP contribution in [0.5, 0.6) is 0 Å². The largest absolute Gasteiger partial charge is 0.466 e. The first-order chi connectivity index (χ1) is 24.1. The standard InChI is InChI=1S/C44H87NO4/c1-5-9-13-15-19-25-33-42(34-26-20-16-14-10-6-2)49-44(47)36-28-22-18-24-30-39-45-38-29-23-17-21-27-35-43(46)48-40-37-41(31-11-7-3)32-12-8-4/h41-42,45H,5-40H2,1-4H3. The summed E-state index contributed by atoms with van der Waals surface area (Å²) in [5.41, 5.74) is 0.